The summed E-state index contributed by atoms with van der Waals surface area (Å²) in [6.45, 7) is 0.942. The van der Waals surface area contributed by atoms with Crippen LogP contribution in [0.15, 0.2) is 83.8 Å². The third-order valence-corrected chi connectivity index (χ3v) is 7.44. The minimum atomic E-state index is -3.96. The molecule has 9 nitrogen and oxygen atoms in total. The number of amides is 2. The van der Waals surface area contributed by atoms with Crippen molar-refractivity contribution in [2.24, 2.45) is 5.92 Å². The molecule has 3 aromatic rings. The first-order chi connectivity index (χ1) is 17.9. The number of carbonyl (C=O) groups excluding carboxylic acids is 2. The number of likely N-dealkylation sites (tertiary alicyclic amines) is 1. The monoisotopic (exact) mass is 523 g/mol. The van der Waals surface area contributed by atoms with Crippen LogP contribution in [-0.4, -0.2) is 56.5 Å². The Morgan fingerprint density at radius 2 is 1.68 bits per heavy atom. The SMILES string of the molecule is O=C(NCC(=O)N1CCCC(CO)C1)c1ccc(S(=O)(=O)Nc2ccccc2Oc2ccccc2)cc1. The van der Waals surface area contributed by atoms with E-state index in [9.17, 15) is 23.1 Å². The summed E-state index contributed by atoms with van der Waals surface area (Å²) in [6.07, 6.45) is 1.69. The van der Waals surface area contributed by atoms with E-state index < -0.39 is 15.9 Å². The Kier molecular flexibility index (Phi) is 8.42. The van der Waals surface area contributed by atoms with Gasteiger partial charge in [0.25, 0.3) is 15.9 Å². The van der Waals surface area contributed by atoms with Gasteiger partial charge < -0.3 is 20.1 Å². The normalized spacial score (nSPS) is 15.6. The highest BCUT2D eigenvalue weighted by Gasteiger charge is 2.23. The van der Waals surface area contributed by atoms with Crippen molar-refractivity contribution in [3.63, 3.8) is 0 Å². The Hall–Kier alpha value is -3.89. The minimum absolute atomic E-state index is 0.0296. The summed E-state index contributed by atoms with van der Waals surface area (Å²) < 4.78 is 34.3. The van der Waals surface area contributed by atoms with Crippen LogP contribution in [0.1, 0.15) is 23.2 Å². The lowest BCUT2D eigenvalue weighted by Gasteiger charge is -2.31. The molecule has 37 heavy (non-hydrogen) atoms. The number of anilines is 1. The van der Waals surface area contributed by atoms with Gasteiger partial charge in [0.15, 0.2) is 5.75 Å². The van der Waals surface area contributed by atoms with E-state index >= 15 is 0 Å². The topological polar surface area (TPSA) is 125 Å². The van der Waals surface area contributed by atoms with Crippen molar-refractivity contribution >= 4 is 27.5 Å². The first-order valence-corrected chi connectivity index (χ1v) is 13.5. The number of para-hydroxylation sites is 3. The predicted molar refractivity (Wildman–Crippen MR) is 139 cm³/mol. The van der Waals surface area contributed by atoms with E-state index in [1.54, 1.807) is 41.3 Å². The molecular weight excluding hydrogens is 494 g/mol. The Labute approximate surface area is 216 Å². The van der Waals surface area contributed by atoms with Crippen LogP contribution in [0.25, 0.3) is 0 Å². The molecule has 3 N–H and O–H groups in total. The summed E-state index contributed by atoms with van der Waals surface area (Å²) in [7, 11) is -3.96. The van der Waals surface area contributed by atoms with Crippen LogP contribution in [0.2, 0.25) is 0 Å². The van der Waals surface area contributed by atoms with Crippen molar-refractivity contribution in [3.8, 4) is 11.5 Å². The molecule has 1 aliphatic heterocycles. The zero-order valence-corrected chi connectivity index (χ0v) is 21.0. The Morgan fingerprint density at radius 3 is 2.41 bits per heavy atom. The highest BCUT2D eigenvalue weighted by molar-refractivity contribution is 7.92. The summed E-state index contributed by atoms with van der Waals surface area (Å²) in [6, 6.07) is 21.1. The maximum absolute atomic E-state index is 13.0. The molecule has 0 saturated carbocycles. The van der Waals surface area contributed by atoms with Gasteiger partial charge in [0, 0.05) is 25.3 Å². The molecule has 2 amide bonds. The van der Waals surface area contributed by atoms with Gasteiger partial charge in [0.2, 0.25) is 5.91 Å². The molecule has 1 saturated heterocycles. The van der Waals surface area contributed by atoms with Crippen LogP contribution in [0, 0.1) is 5.92 Å². The van der Waals surface area contributed by atoms with E-state index in [4.69, 9.17) is 4.74 Å². The number of nitrogens with zero attached hydrogens (tertiary/aromatic N) is 1. The molecule has 1 aliphatic rings. The van der Waals surface area contributed by atoms with E-state index in [0.717, 1.165) is 12.8 Å². The third kappa shape index (κ3) is 6.87. The molecule has 1 fully saturated rings. The number of hydrogen-bond acceptors (Lipinski definition) is 6. The van der Waals surface area contributed by atoms with Crippen molar-refractivity contribution in [3.05, 3.63) is 84.4 Å². The number of ether oxygens (including phenoxy) is 1. The van der Waals surface area contributed by atoms with Gasteiger partial charge >= 0.3 is 0 Å². The Balaban J connectivity index is 1.37. The van der Waals surface area contributed by atoms with Crippen LogP contribution in [0.5, 0.6) is 11.5 Å². The van der Waals surface area contributed by atoms with Crippen molar-refractivity contribution in [2.75, 3.05) is 31.0 Å². The highest BCUT2D eigenvalue weighted by atomic mass is 32.2. The summed E-state index contributed by atoms with van der Waals surface area (Å²) >= 11 is 0. The standard InChI is InChI=1S/C27H29N3O6S/c31-19-20-7-6-16-30(18-20)26(32)17-28-27(33)21-12-14-23(15-13-21)37(34,35)29-24-10-4-5-11-25(24)36-22-8-2-1-3-9-22/h1-5,8-15,20,29,31H,6-7,16-19H2,(H,28,33). The molecule has 0 aliphatic carbocycles. The highest BCUT2D eigenvalue weighted by Crippen LogP contribution is 2.31. The smallest absolute Gasteiger partial charge is 0.262 e. The number of piperidine rings is 1. The number of carbonyl (C=O) groups is 2. The van der Waals surface area contributed by atoms with Gasteiger partial charge in [-0.25, -0.2) is 8.42 Å². The molecular formula is C27H29N3O6S. The number of aliphatic hydroxyl groups is 1. The molecule has 3 aromatic carbocycles. The fourth-order valence-electron chi connectivity index (χ4n) is 4.05. The summed E-state index contributed by atoms with van der Waals surface area (Å²) in [5.41, 5.74) is 0.499. The molecule has 10 heteroatoms. The number of sulfonamides is 1. The number of hydrogen-bond donors (Lipinski definition) is 3. The second kappa shape index (κ2) is 11.9. The van der Waals surface area contributed by atoms with Gasteiger partial charge in [0.1, 0.15) is 5.75 Å². The van der Waals surface area contributed by atoms with Gasteiger partial charge in [-0.05, 0) is 67.3 Å². The van der Waals surface area contributed by atoms with Crippen molar-refractivity contribution in [1.29, 1.82) is 0 Å². The fourth-order valence-corrected chi connectivity index (χ4v) is 5.13. The van der Waals surface area contributed by atoms with Crippen LogP contribution in [0.3, 0.4) is 0 Å². The molecule has 0 radical (unpaired) electrons. The summed E-state index contributed by atoms with van der Waals surface area (Å²) in [4.78, 5) is 26.6. The average molecular weight is 524 g/mol. The number of aliphatic hydroxyl groups excluding tert-OH is 1. The van der Waals surface area contributed by atoms with Crippen LogP contribution in [-0.2, 0) is 14.8 Å². The van der Waals surface area contributed by atoms with E-state index in [1.165, 1.54) is 24.3 Å². The Morgan fingerprint density at radius 1 is 0.973 bits per heavy atom. The molecule has 194 valence electrons. The zero-order valence-electron chi connectivity index (χ0n) is 20.2. The van der Waals surface area contributed by atoms with Crippen LogP contribution >= 0.6 is 0 Å². The number of benzene rings is 3. The predicted octanol–water partition coefficient (Wildman–Crippen LogP) is 3.24. The molecule has 1 heterocycles. The minimum Gasteiger partial charge on any atom is -0.455 e. The molecule has 1 atom stereocenters. The van der Waals surface area contributed by atoms with E-state index in [0.29, 0.717) is 24.6 Å². The summed E-state index contributed by atoms with van der Waals surface area (Å²) in [5, 5.41) is 11.9. The molecule has 4 rings (SSSR count). The largest absolute Gasteiger partial charge is 0.455 e. The third-order valence-electron chi connectivity index (χ3n) is 6.06. The maximum Gasteiger partial charge on any atom is 0.262 e. The van der Waals surface area contributed by atoms with E-state index in [-0.39, 0.29) is 41.1 Å². The van der Waals surface area contributed by atoms with Crippen molar-refractivity contribution < 1.29 is 27.9 Å². The van der Waals surface area contributed by atoms with E-state index in [2.05, 4.69) is 10.0 Å². The van der Waals surface area contributed by atoms with Crippen LogP contribution < -0.4 is 14.8 Å². The van der Waals surface area contributed by atoms with Gasteiger partial charge in [-0.1, -0.05) is 30.3 Å². The lowest BCUT2D eigenvalue weighted by Crippen LogP contribution is -2.45. The fraction of sp³-hybridized carbons (Fsp3) is 0.259. The number of rotatable bonds is 9. The lowest BCUT2D eigenvalue weighted by molar-refractivity contribution is -0.132. The first kappa shape index (κ1) is 26.2. The quantitative estimate of drug-likeness (QED) is 0.396. The second-order valence-corrected chi connectivity index (χ2v) is 10.4. The average Bonchev–Trinajstić information content (AvgIpc) is 2.93. The summed E-state index contributed by atoms with van der Waals surface area (Å²) in [5.74, 6) is 0.274. The maximum atomic E-state index is 13.0. The van der Waals surface area contributed by atoms with E-state index in [1.807, 2.05) is 18.2 Å². The van der Waals surface area contributed by atoms with Gasteiger partial charge in [-0.15, -0.1) is 0 Å². The van der Waals surface area contributed by atoms with Gasteiger partial charge in [0.05, 0.1) is 17.1 Å². The zero-order chi connectivity index (χ0) is 26.3. The lowest BCUT2D eigenvalue weighted by atomic mass is 9.99. The second-order valence-electron chi connectivity index (χ2n) is 8.75. The van der Waals surface area contributed by atoms with Crippen LogP contribution in [0.4, 0.5) is 5.69 Å². The molecule has 1 unspecified atom stereocenters. The number of nitrogens with one attached hydrogen (secondary N) is 2. The Bertz CT molecular complexity index is 1330. The van der Waals surface area contributed by atoms with Crippen molar-refractivity contribution in [1.82, 2.24) is 10.2 Å². The van der Waals surface area contributed by atoms with Crippen molar-refractivity contribution in [2.45, 2.75) is 17.7 Å². The molecule has 0 aromatic heterocycles. The van der Waals surface area contributed by atoms with Gasteiger partial charge in [-0.2, -0.15) is 0 Å². The first-order valence-electron chi connectivity index (χ1n) is 12.0. The van der Waals surface area contributed by atoms with Gasteiger partial charge in [-0.3, -0.25) is 14.3 Å². The molecule has 0 spiro atoms. The molecule has 0 bridgehead atoms.